The number of nitrogens with one attached hydrogen (secondary N) is 1. The Balaban J connectivity index is 1.64. The van der Waals surface area contributed by atoms with Gasteiger partial charge < -0.3 is 9.88 Å². The first-order chi connectivity index (χ1) is 12.1. The van der Waals surface area contributed by atoms with E-state index in [-0.39, 0.29) is 17.3 Å². The minimum atomic E-state index is -0.301. The van der Waals surface area contributed by atoms with Gasteiger partial charge in [0.2, 0.25) is 0 Å². The SMILES string of the molecule is O=C(NCc1ccc(F)cc1)c1ccc(=O)n(CC2CCCCC2)c1. The zero-order valence-electron chi connectivity index (χ0n) is 14.2. The summed E-state index contributed by atoms with van der Waals surface area (Å²) >= 11 is 0. The molecule has 25 heavy (non-hydrogen) atoms. The van der Waals surface area contributed by atoms with Crippen LogP contribution in [0, 0.1) is 11.7 Å². The molecule has 0 radical (unpaired) electrons. The lowest BCUT2D eigenvalue weighted by Crippen LogP contribution is -2.28. The third-order valence-corrected chi connectivity index (χ3v) is 4.79. The van der Waals surface area contributed by atoms with Crippen molar-refractivity contribution < 1.29 is 9.18 Å². The summed E-state index contributed by atoms with van der Waals surface area (Å²) in [6.45, 7) is 0.999. The van der Waals surface area contributed by atoms with E-state index in [0.717, 1.165) is 18.4 Å². The summed E-state index contributed by atoms with van der Waals surface area (Å²) in [7, 11) is 0. The van der Waals surface area contributed by atoms with E-state index < -0.39 is 0 Å². The largest absolute Gasteiger partial charge is 0.348 e. The second kappa shape index (κ2) is 8.10. The molecule has 4 nitrogen and oxygen atoms in total. The highest BCUT2D eigenvalue weighted by molar-refractivity contribution is 5.93. The van der Waals surface area contributed by atoms with Gasteiger partial charge in [-0.2, -0.15) is 0 Å². The predicted octanol–water partition coefficient (Wildman–Crippen LogP) is 3.50. The summed E-state index contributed by atoms with van der Waals surface area (Å²) in [6, 6.07) is 9.02. The summed E-state index contributed by atoms with van der Waals surface area (Å²) in [5.41, 5.74) is 1.23. The van der Waals surface area contributed by atoms with Crippen molar-refractivity contribution in [3.05, 3.63) is 69.9 Å². The van der Waals surface area contributed by atoms with Crippen LogP contribution in [0.15, 0.2) is 47.4 Å². The number of pyridine rings is 1. The van der Waals surface area contributed by atoms with E-state index in [1.165, 1.54) is 37.5 Å². The van der Waals surface area contributed by atoms with Crippen LogP contribution < -0.4 is 10.9 Å². The molecule has 0 saturated heterocycles. The van der Waals surface area contributed by atoms with Crippen molar-refractivity contribution in [2.45, 2.75) is 45.2 Å². The summed E-state index contributed by atoms with van der Waals surface area (Å²) in [4.78, 5) is 24.4. The van der Waals surface area contributed by atoms with Crippen LogP contribution in [0.3, 0.4) is 0 Å². The van der Waals surface area contributed by atoms with Crippen molar-refractivity contribution >= 4 is 5.91 Å². The second-order valence-corrected chi connectivity index (χ2v) is 6.72. The Kier molecular flexibility index (Phi) is 5.64. The van der Waals surface area contributed by atoms with Gasteiger partial charge in [-0.3, -0.25) is 9.59 Å². The first-order valence-electron chi connectivity index (χ1n) is 8.85. The van der Waals surface area contributed by atoms with Crippen molar-refractivity contribution in [2.75, 3.05) is 0 Å². The first-order valence-corrected chi connectivity index (χ1v) is 8.85. The van der Waals surface area contributed by atoms with Crippen LogP contribution in [0.5, 0.6) is 0 Å². The number of hydrogen-bond acceptors (Lipinski definition) is 2. The normalized spacial score (nSPS) is 15.1. The average Bonchev–Trinajstić information content (AvgIpc) is 2.64. The molecule has 0 unspecified atom stereocenters. The topological polar surface area (TPSA) is 51.1 Å². The quantitative estimate of drug-likeness (QED) is 0.904. The van der Waals surface area contributed by atoms with Crippen molar-refractivity contribution in [1.29, 1.82) is 0 Å². The summed E-state index contributed by atoms with van der Waals surface area (Å²) in [5, 5.41) is 2.81. The third kappa shape index (κ3) is 4.78. The molecule has 1 aliphatic rings. The van der Waals surface area contributed by atoms with Gasteiger partial charge in [-0.25, -0.2) is 4.39 Å². The van der Waals surface area contributed by atoms with Crippen LogP contribution in [0.2, 0.25) is 0 Å². The molecule has 1 saturated carbocycles. The van der Waals surface area contributed by atoms with Crippen LogP contribution in [0.25, 0.3) is 0 Å². The fourth-order valence-corrected chi connectivity index (χ4v) is 3.34. The fourth-order valence-electron chi connectivity index (χ4n) is 3.34. The van der Waals surface area contributed by atoms with E-state index in [4.69, 9.17) is 0 Å². The van der Waals surface area contributed by atoms with E-state index in [0.29, 0.717) is 24.6 Å². The van der Waals surface area contributed by atoms with Gasteiger partial charge in [-0.1, -0.05) is 31.4 Å². The minimum Gasteiger partial charge on any atom is -0.348 e. The number of hydrogen-bond donors (Lipinski definition) is 1. The lowest BCUT2D eigenvalue weighted by Gasteiger charge is -2.22. The van der Waals surface area contributed by atoms with Crippen molar-refractivity contribution in [2.24, 2.45) is 5.92 Å². The molecule has 1 fully saturated rings. The number of aromatic nitrogens is 1. The summed E-state index contributed by atoms with van der Waals surface area (Å²) in [5.74, 6) is -0.0180. The fraction of sp³-hybridized carbons (Fsp3) is 0.400. The van der Waals surface area contributed by atoms with Gasteiger partial charge in [0.1, 0.15) is 5.82 Å². The zero-order chi connectivity index (χ0) is 17.6. The van der Waals surface area contributed by atoms with Gasteiger partial charge in [-0.15, -0.1) is 0 Å². The smallest absolute Gasteiger partial charge is 0.253 e. The molecular formula is C20H23FN2O2. The van der Waals surface area contributed by atoms with E-state index in [1.807, 2.05) is 0 Å². The van der Waals surface area contributed by atoms with Crippen LogP contribution in [0.4, 0.5) is 4.39 Å². The average molecular weight is 342 g/mol. The van der Waals surface area contributed by atoms with Crippen LogP contribution in [-0.4, -0.2) is 10.5 Å². The Hall–Kier alpha value is -2.43. The van der Waals surface area contributed by atoms with E-state index in [9.17, 15) is 14.0 Å². The predicted molar refractivity (Wildman–Crippen MR) is 94.8 cm³/mol. The lowest BCUT2D eigenvalue weighted by molar-refractivity contribution is 0.0950. The molecule has 1 amide bonds. The highest BCUT2D eigenvalue weighted by atomic mass is 19.1. The number of carbonyl (C=O) groups excluding carboxylic acids is 1. The summed E-state index contributed by atoms with van der Waals surface area (Å²) in [6.07, 6.45) is 7.66. The van der Waals surface area contributed by atoms with Crippen LogP contribution >= 0.6 is 0 Å². The molecule has 0 atom stereocenters. The molecule has 2 aromatic rings. The number of benzene rings is 1. The molecule has 1 aliphatic carbocycles. The van der Waals surface area contributed by atoms with Gasteiger partial charge in [0.25, 0.3) is 11.5 Å². The molecule has 1 heterocycles. The second-order valence-electron chi connectivity index (χ2n) is 6.72. The Morgan fingerprint density at radius 3 is 2.52 bits per heavy atom. The van der Waals surface area contributed by atoms with Crippen molar-refractivity contribution in [3.8, 4) is 0 Å². The van der Waals surface area contributed by atoms with Gasteiger partial charge >= 0.3 is 0 Å². The molecule has 1 N–H and O–H groups in total. The van der Waals surface area contributed by atoms with Gasteiger partial charge in [0.05, 0.1) is 5.56 Å². The van der Waals surface area contributed by atoms with Crippen LogP contribution in [0.1, 0.15) is 48.0 Å². The molecule has 1 aromatic heterocycles. The molecule has 1 aromatic carbocycles. The Bertz CT molecular complexity index is 777. The maximum Gasteiger partial charge on any atom is 0.253 e. The molecule has 0 aliphatic heterocycles. The number of carbonyl (C=O) groups is 1. The first kappa shape index (κ1) is 17.4. The molecule has 0 spiro atoms. The third-order valence-electron chi connectivity index (χ3n) is 4.79. The Morgan fingerprint density at radius 2 is 1.80 bits per heavy atom. The molecule has 5 heteroatoms. The molecule has 132 valence electrons. The lowest BCUT2D eigenvalue weighted by atomic mass is 9.89. The minimum absolute atomic E-state index is 0.0688. The van der Waals surface area contributed by atoms with Crippen molar-refractivity contribution in [3.63, 3.8) is 0 Å². The number of rotatable bonds is 5. The summed E-state index contributed by atoms with van der Waals surface area (Å²) < 4.78 is 14.6. The number of nitrogens with zero attached hydrogens (tertiary/aromatic N) is 1. The van der Waals surface area contributed by atoms with E-state index >= 15 is 0 Å². The highest BCUT2D eigenvalue weighted by Gasteiger charge is 2.15. The Morgan fingerprint density at radius 1 is 1.08 bits per heavy atom. The van der Waals surface area contributed by atoms with E-state index in [1.54, 1.807) is 29.0 Å². The Labute approximate surface area is 146 Å². The van der Waals surface area contributed by atoms with Gasteiger partial charge in [0.15, 0.2) is 0 Å². The van der Waals surface area contributed by atoms with E-state index in [2.05, 4.69) is 5.32 Å². The van der Waals surface area contributed by atoms with Crippen molar-refractivity contribution in [1.82, 2.24) is 9.88 Å². The number of amides is 1. The zero-order valence-corrected chi connectivity index (χ0v) is 14.2. The molecule has 0 bridgehead atoms. The maximum atomic E-state index is 12.9. The maximum absolute atomic E-state index is 12.9. The molecular weight excluding hydrogens is 319 g/mol. The van der Waals surface area contributed by atoms with Gasteiger partial charge in [0, 0.05) is 25.4 Å². The van der Waals surface area contributed by atoms with Crippen LogP contribution in [-0.2, 0) is 13.1 Å². The monoisotopic (exact) mass is 342 g/mol. The van der Waals surface area contributed by atoms with Gasteiger partial charge in [-0.05, 0) is 42.5 Å². The number of halogens is 1. The highest BCUT2D eigenvalue weighted by Crippen LogP contribution is 2.24. The molecule has 3 rings (SSSR count). The standard InChI is InChI=1S/C20H23FN2O2/c21-18-9-6-15(7-10-18)12-22-20(25)17-8-11-19(24)23(14-17)13-16-4-2-1-3-5-16/h6-11,14,16H,1-5,12-13H2,(H,22,25).